The number of nitrogens with zero attached hydrogens (tertiary/aromatic N) is 4. The molecule has 2 heterocycles. The van der Waals surface area contributed by atoms with Crippen molar-refractivity contribution in [2.45, 2.75) is 13.8 Å². The maximum Gasteiger partial charge on any atom is 0.224 e. The molecule has 1 aromatic carbocycles. The van der Waals surface area contributed by atoms with Crippen LogP contribution < -0.4 is 11.1 Å². The van der Waals surface area contributed by atoms with Gasteiger partial charge in [0.1, 0.15) is 5.82 Å². The Labute approximate surface area is 133 Å². The highest BCUT2D eigenvalue weighted by atomic mass is 35.5. The molecule has 0 aliphatic carbocycles. The number of hydrogen-bond donors (Lipinski definition) is 2. The molecule has 6 nitrogen and oxygen atoms in total. The van der Waals surface area contributed by atoms with Crippen LogP contribution in [-0.4, -0.2) is 19.7 Å². The van der Waals surface area contributed by atoms with E-state index < -0.39 is 0 Å². The summed E-state index contributed by atoms with van der Waals surface area (Å²) >= 11 is 5.98. The topological polar surface area (TPSA) is 81.7 Å². The van der Waals surface area contributed by atoms with E-state index in [1.165, 1.54) is 0 Å². The highest BCUT2D eigenvalue weighted by Crippen LogP contribution is 2.21. The second-order valence-corrected chi connectivity index (χ2v) is 5.38. The smallest absolute Gasteiger partial charge is 0.224 e. The molecule has 0 radical (unpaired) electrons. The zero-order valence-electron chi connectivity index (χ0n) is 12.2. The van der Waals surface area contributed by atoms with Gasteiger partial charge in [-0.25, -0.2) is 4.68 Å². The van der Waals surface area contributed by atoms with Crippen LogP contribution in [0.3, 0.4) is 0 Å². The summed E-state index contributed by atoms with van der Waals surface area (Å²) in [5.41, 5.74) is 8.52. The fraction of sp³-hybridized carbons (Fsp3) is 0.133. The zero-order chi connectivity index (χ0) is 15.7. The predicted molar refractivity (Wildman–Crippen MR) is 87.8 cm³/mol. The molecule has 3 N–H and O–H groups in total. The number of halogens is 1. The molecule has 0 atom stereocenters. The highest BCUT2D eigenvalue weighted by molar-refractivity contribution is 6.30. The number of aromatic nitrogens is 4. The molecule has 2 aromatic heterocycles. The lowest BCUT2D eigenvalue weighted by molar-refractivity contribution is 0.804. The van der Waals surface area contributed by atoms with Crippen molar-refractivity contribution in [3.8, 4) is 5.82 Å². The summed E-state index contributed by atoms with van der Waals surface area (Å²) in [4.78, 5) is 8.43. The lowest BCUT2D eigenvalue weighted by Crippen LogP contribution is -2.07. The van der Waals surface area contributed by atoms with E-state index in [9.17, 15) is 0 Å². The lowest BCUT2D eigenvalue weighted by atomic mass is 10.3. The van der Waals surface area contributed by atoms with Gasteiger partial charge in [0.15, 0.2) is 5.82 Å². The molecule has 0 aliphatic heterocycles. The fourth-order valence-corrected chi connectivity index (χ4v) is 2.39. The van der Waals surface area contributed by atoms with Crippen LogP contribution in [0, 0.1) is 13.8 Å². The number of anilines is 3. The molecule has 0 aliphatic rings. The van der Waals surface area contributed by atoms with Gasteiger partial charge in [0, 0.05) is 22.5 Å². The minimum absolute atomic E-state index is 0.176. The normalized spacial score (nSPS) is 10.7. The van der Waals surface area contributed by atoms with Gasteiger partial charge in [0.2, 0.25) is 5.95 Å². The summed E-state index contributed by atoms with van der Waals surface area (Å²) in [6.07, 6.45) is 0. The summed E-state index contributed by atoms with van der Waals surface area (Å²) in [5.74, 6) is 1.37. The number of rotatable bonds is 3. The van der Waals surface area contributed by atoms with Crippen molar-refractivity contribution < 1.29 is 0 Å². The van der Waals surface area contributed by atoms with Crippen molar-refractivity contribution in [2.75, 3.05) is 11.1 Å². The minimum atomic E-state index is 0.176. The molecule has 0 unspecified atom stereocenters. The van der Waals surface area contributed by atoms with E-state index in [1.807, 2.05) is 44.2 Å². The summed E-state index contributed by atoms with van der Waals surface area (Å²) in [6.45, 7) is 3.89. The molecule has 0 saturated heterocycles. The number of hydrogen-bond acceptors (Lipinski definition) is 5. The number of nitrogens with two attached hydrogens (primary N) is 1. The van der Waals surface area contributed by atoms with Gasteiger partial charge in [-0.2, -0.15) is 15.1 Å². The number of nitrogen functional groups attached to an aromatic ring is 1. The average molecular weight is 315 g/mol. The van der Waals surface area contributed by atoms with Crippen LogP contribution in [0.4, 0.5) is 17.5 Å². The van der Waals surface area contributed by atoms with Gasteiger partial charge in [-0.15, -0.1) is 0 Å². The van der Waals surface area contributed by atoms with E-state index in [4.69, 9.17) is 17.3 Å². The molecule has 0 amide bonds. The molecular formula is C15H15ClN6. The lowest BCUT2D eigenvalue weighted by Gasteiger charge is -2.09. The Morgan fingerprint density at radius 3 is 2.64 bits per heavy atom. The van der Waals surface area contributed by atoms with E-state index in [0.29, 0.717) is 16.7 Å². The molecule has 7 heteroatoms. The fourth-order valence-electron chi connectivity index (χ4n) is 2.20. The van der Waals surface area contributed by atoms with Gasteiger partial charge in [-0.05, 0) is 38.1 Å². The molecule has 0 bridgehead atoms. The third-order valence-electron chi connectivity index (χ3n) is 3.05. The Bertz CT molecular complexity index is 827. The SMILES string of the molecule is Cc1cc(C)n(-c2cc(Nc3cccc(Cl)c3)nc(N)n2)n1. The minimum Gasteiger partial charge on any atom is -0.368 e. The van der Waals surface area contributed by atoms with Gasteiger partial charge in [0.25, 0.3) is 0 Å². The first-order valence-corrected chi connectivity index (χ1v) is 7.10. The quantitative estimate of drug-likeness (QED) is 0.775. The molecule has 3 aromatic rings. The second-order valence-electron chi connectivity index (χ2n) is 4.94. The van der Waals surface area contributed by atoms with Crippen LogP contribution in [0.5, 0.6) is 0 Å². The van der Waals surface area contributed by atoms with E-state index >= 15 is 0 Å². The maximum absolute atomic E-state index is 5.98. The van der Waals surface area contributed by atoms with Crippen molar-refractivity contribution in [3.63, 3.8) is 0 Å². The standard InChI is InChI=1S/C15H15ClN6/c1-9-6-10(2)22(21-9)14-8-13(19-15(17)20-14)18-12-5-3-4-11(16)7-12/h3-8H,1-2H3,(H3,17,18,19,20). The van der Waals surface area contributed by atoms with Gasteiger partial charge in [0.05, 0.1) is 5.69 Å². The van der Waals surface area contributed by atoms with E-state index in [0.717, 1.165) is 17.1 Å². The summed E-state index contributed by atoms with van der Waals surface area (Å²) in [7, 11) is 0. The Kier molecular flexibility index (Phi) is 3.68. The van der Waals surface area contributed by atoms with E-state index in [-0.39, 0.29) is 5.95 Å². The second kappa shape index (κ2) is 5.65. The molecule has 22 heavy (non-hydrogen) atoms. The first-order valence-electron chi connectivity index (χ1n) is 6.72. The summed E-state index contributed by atoms with van der Waals surface area (Å²) in [5, 5.41) is 8.22. The Morgan fingerprint density at radius 2 is 1.95 bits per heavy atom. The number of nitrogens with one attached hydrogen (secondary N) is 1. The van der Waals surface area contributed by atoms with Crippen molar-refractivity contribution in [1.29, 1.82) is 0 Å². The first kappa shape index (κ1) is 14.3. The molecule has 3 rings (SSSR count). The molecule has 112 valence electrons. The number of aryl methyl sites for hydroxylation is 2. The van der Waals surface area contributed by atoms with Crippen molar-refractivity contribution >= 4 is 29.1 Å². The molecule has 0 fully saturated rings. The van der Waals surface area contributed by atoms with Crippen molar-refractivity contribution in [2.24, 2.45) is 0 Å². The first-order chi connectivity index (χ1) is 10.5. The van der Waals surface area contributed by atoms with Crippen molar-refractivity contribution in [1.82, 2.24) is 19.7 Å². The Hall–Kier alpha value is -2.60. The van der Waals surface area contributed by atoms with Crippen molar-refractivity contribution in [3.05, 3.63) is 52.8 Å². The van der Waals surface area contributed by atoms with Crippen LogP contribution in [0.1, 0.15) is 11.4 Å². The van der Waals surface area contributed by atoms with Crippen LogP contribution in [0.2, 0.25) is 5.02 Å². The zero-order valence-corrected chi connectivity index (χ0v) is 13.0. The van der Waals surface area contributed by atoms with E-state index in [1.54, 1.807) is 10.7 Å². The molecule has 0 spiro atoms. The predicted octanol–water partition coefficient (Wildman–Crippen LogP) is 3.26. The van der Waals surface area contributed by atoms with E-state index in [2.05, 4.69) is 20.4 Å². The third-order valence-corrected chi connectivity index (χ3v) is 3.29. The molecular weight excluding hydrogens is 300 g/mol. The van der Waals surface area contributed by atoms with Crippen LogP contribution in [0.15, 0.2) is 36.4 Å². The monoisotopic (exact) mass is 314 g/mol. The Morgan fingerprint density at radius 1 is 1.14 bits per heavy atom. The maximum atomic E-state index is 5.98. The van der Waals surface area contributed by atoms with Crippen LogP contribution in [0.25, 0.3) is 5.82 Å². The van der Waals surface area contributed by atoms with Crippen LogP contribution in [-0.2, 0) is 0 Å². The summed E-state index contributed by atoms with van der Waals surface area (Å²) < 4.78 is 1.73. The third kappa shape index (κ3) is 3.01. The van der Waals surface area contributed by atoms with Gasteiger partial charge < -0.3 is 11.1 Å². The Balaban J connectivity index is 1.98. The highest BCUT2D eigenvalue weighted by Gasteiger charge is 2.09. The van der Waals surface area contributed by atoms with Gasteiger partial charge >= 0.3 is 0 Å². The largest absolute Gasteiger partial charge is 0.368 e. The molecule has 0 saturated carbocycles. The van der Waals surface area contributed by atoms with Gasteiger partial charge in [-0.1, -0.05) is 17.7 Å². The summed E-state index contributed by atoms with van der Waals surface area (Å²) in [6, 6.07) is 11.1. The van der Waals surface area contributed by atoms with Gasteiger partial charge in [-0.3, -0.25) is 0 Å². The average Bonchev–Trinajstić information content (AvgIpc) is 2.77. The number of benzene rings is 1. The van der Waals surface area contributed by atoms with Crippen LogP contribution >= 0.6 is 11.6 Å².